The molecule has 3 rings (SSSR count). The Morgan fingerprint density at radius 2 is 1.83 bits per heavy atom. The lowest BCUT2D eigenvalue weighted by Crippen LogP contribution is -2.36. The molecule has 1 fully saturated rings. The van der Waals surface area contributed by atoms with Crippen molar-refractivity contribution in [2.45, 2.75) is 65.5 Å². The molecule has 1 aliphatic rings. The maximum atomic E-state index is 11.9. The number of nitrogens with zero attached hydrogens (tertiary/aromatic N) is 3. The summed E-state index contributed by atoms with van der Waals surface area (Å²) >= 11 is 3.53. The van der Waals surface area contributed by atoms with Crippen molar-refractivity contribution in [1.82, 2.24) is 15.3 Å². The fourth-order valence-electron chi connectivity index (χ4n) is 4.16. The third kappa shape index (κ3) is 8.32. The topological polar surface area (TPSA) is 131 Å². The van der Waals surface area contributed by atoms with Crippen LogP contribution in [0.25, 0.3) is 0 Å². The summed E-state index contributed by atoms with van der Waals surface area (Å²) < 4.78 is 6.31. The summed E-state index contributed by atoms with van der Waals surface area (Å²) in [4.78, 5) is 31.4. The summed E-state index contributed by atoms with van der Waals surface area (Å²) in [5.41, 5.74) is 1.54. The number of carbonyl (C=O) groups is 1. The summed E-state index contributed by atoms with van der Waals surface area (Å²) in [6, 6.07) is 5.95. The SMILES string of the molecule is Cc1c(Br)cccc1CNc1ncc([N+](=O)[O-])c(NCC2CCC(CNC(=O)OC(C)(C)C)CC2)n1. The van der Waals surface area contributed by atoms with Crippen molar-refractivity contribution in [3.8, 4) is 0 Å². The molecule has 2 aromatic rings. The van der Waals surface area contributed by atoms with Gasteiger partial charge in [0.05, 0.1) is 4.92 Å². The average Bonchev–Trinajstić information content (AvgIpc) is 2.82. The molecule has 36 heavy (non-hydrogen) atoms. The minimum absolute atomic E-state index is 0.144. The Balaban J connectivity index is 1.51. The predicted octanol–water partition coefficient (Wildman–Crippen LogP) is 5.81. The number of benzene rings is 1. The van der Waals surface area contributed by atoms with Crippen LogP contribution < -0.4 is 16.0 Å². The highest BCUT2D eigenvalue weighted by atomic mass is 79.9. The number of rotatable bonds is 9. The molecule has 10 nitrogen and oxygen atoms in total. The number of halogens is 1. The molecule has 0 aliphatic heterocycles. The van der Waals surface area contributed by atoms with Crippen molar-refractivity contribution < 1.29 is 14.5 Å². The quantitative estimate of drug-likeness (QED) is 0.257. The van der Waals surface area contributed by atoms with E-state index in [4.69, 9.17) is 4.74 Å². The zero-order valence-corrected chi connectivity index (χ0v) is 22.9. The highest BCUT2D eigenvalue weighted by Gasteiger charge is 2.24. The Labute approximate surface area is 220 Å². The number of carbonyl (C=O) groups excluding carboxylic acids is 1. The van der Waals surface area contributed by atoms with E-state index in [2.05, 4.69) is 41.8 Å². The lowest BCUT2D eigenvalue weighted by atomic mass is 9.82. The van der Waals surface area contributed by atoms with Crippen LogP contribution in [-0.4, -0.2) is 39.7 Å². The lowest BCUT2D eigenvalue weighted by Gasteiger charge is -2.29. The van der Waals surface area contributed by atoms with Gasteiger partial charge in [0, 0.05) is 24.1 Å². The zero-order valence-electron chi connectivity index (χ0n) is 21.3. The van der Waals surface area contributed by atoms with Gasteiger partial charge in [-0.1, -0.05) is 28.1 Å². The summed E-state index contributed by atoms with van der Waals surface area (Å²) in [6.07, 6.45) is 4.76. The molecular formula is C25H35BrN6O4. The molecule has 1 aromatic heterocycles. The van der Waals surface area contributed by atoms with Crippen molar-refractivity contribution in [2.75, 3.05) is 23.7 Å². The molecular weight excluding hydrogens is 528 g/mol. The van der Waals surface area contributed by atoms with Gasteiger partial charge in [-0.05, 0) is 82.4 Å². The molecule has 11 heteroatoms. The maximum Gasteiger partial charge on any atom is 0.407 e. The van der Waals surface area contributed by atoms with Gasteiger partial charge in [-0.15, -0.1) is 0 Å². The Kier molecular flexibility index (Phi) is 9.47. The first-order chi connectivity index (χ1) is 17.0. The van der Waals surface area contributed by atoms with Gasteiger partial charge in [-0.25, -0.2) is 9.78 Å². The van der Waals surface area contributed by atoms with E-state index >= 15 is 0 Å². The largest absolute Gasteiger partial charge is 0.444 e. The second-order valence-corrected chi connectivity index (χ2v) is 11.1. The molecule has 0 unspecified atom stereocenters. The number of hydrogen-bond donors (Lipinski definition) is 3. The van der Waals surface area contributed by atoms with Crippen LogP contribution in [0.3, 0.4) is 0 Å². The van der Waals surface area contributed by atoms with E-state index in [0.29, 0.717) is 37.4 Å². The second-order valence-electron chi connectivity index (χ2n) is 10.2. The highest BCUT2D eigenvalue weighted by Crippen LogP contribution is 2.30. The van der Waals surface area contributed by atoms with Gasteiger partial charge in [0.15, 0.2) is 0 Å². The van der Waals surface area contributed by atoms with E-state index in [9.17, 15) is 14.9 Å². The summed E-state index contributed by atoms with van der Waals surface area (Å²) in [7, 11) is 0. The molecule has 0 spiro atoms. The fraction of sp³-hybridized carbons (Fsp3) is 0.560. The molecule has 1 aromatic carbocycles. The first-order valence-electron chi connectivity index (χ1n) is 12.2. The molecule has 0 radical (unpaired) electrons. The monoisotopic (exact) mass is 562 g/mol. The normalized spacial score (nSPS) is 17.8. The first-order valence-corrected chi connectivity index (χ1v) is 13.0. The van der Waals surface area contributed by atoms with Crippen molar-refractivity contribution in [3.63, 3.8) is 0 Å². The summed E-state index contributed by atoms with van der Waals surface area (Å²) in [5.74, 6) is 1.33. The highest BCUT2D eigenvalue weighted by molar-refractivity contribution is 9.10. The molecule has 0 atom stereocenters. The van der Waals surface area contributed by atoms with Gasteiger partial charge in [0.1, 0.15) is 11.8 Å². The van der Waals surface area contributed by atoms with E-state index in [-0.39, 0.29) is 17.6 Å². The van der Waals surface area contributed by atoms with Crippen LogP contribution >= 0.6 is 15.9 Å². The molecule has 3 N–H and O–H groups in total. The number of hydrogen-bond acceptors (Lipinski definition) is 8. The van der Waals surface area contributed by atoms with Crippen LogP contribution in [0, 0.1) is 28.9 Å². The summed E-state index contributed by atoms with van der Waals surface area (Å²) in [5, 5.41) is 20.7. The number of aromatic nitrogens is 2. The van der Waals surface area contributed by atoms with Crippen molar-refractivity contribution >= 4 is 39.5 Å². The number of alkyl carbamates (subject to hydrolysis) is 1. The van der Waals surface area contributed by atoms with Gasteiger partial charge in [0.25, 0.3) is 0 Å². The Morgan fingerprint density at radius 1 is 1.17 bits per heavy atom. The number of ether oxygens (including phenoxy) is 1. The molecule has 0 saturated heterocycles. The van der Waals surface area contributed by atoms with Crippen LogP contribution in [0.15, 0.2) is 28.9 Å². The van der Waals surface area contributed by atoms with Crippen LogP contribution in [0.2, 0.25) is 0 Å². The minimum Gasteiger partial charge on any atom is -0.444 e. The molecule has 1 aliphatic carbocycles. The number of anilines is 2. The Hall–Kier alpha value is -2.95. The molecule has 1 saturated carbocycles. The number of nitro groups is 1. The van der Waals surface area contributed by atoms with Crippen LogP contribution in [-0.2, 0) is 11.3 Å². The zero-order chi connectivity index (χ0) is 26.3. The van der Waals surface area contributed by atoms with Crippen molar-refractivity contribution in [2.24, 2.45) is 11.8 Å². The Morgan fingerprint density at radius 3 is 2.47 bits per heavy atom. The summed E-state index contributed by atoms with van der Waals surface area (Å²) in [6.45, 7) is 9.24. The fourth-order valence-corrected chi connectivity index (χ4v) is 4.57. The number of nitrogens with one attached hydrogen (secondary N) is 3. The van der Waals surface area contributed by atoms with E-state index in [1.807, 2.05) is 45.9 Å². The van der Waals surface area contributed by atoms with E-state index < -0.39 is 10.5 Å². The second kappa shape index (κ2) is 12.3. The van der Waals surface area contributed by atoms with Gasteiger partial charge < -0.3 is 20.7 Å². The van der Waals surface area contributed by atoms with Gasteiger partial charge >= 0.3 is 11.8 Å². The lowest BCUT2D eigenvalue weighted by molar-refractivity contribution is -0.384. The van der Waals surface area contributed by atoms with Gasteiger partial charge in [0.2, 0.25) is 11.8 Å². The molecule has 1 heterocycles. The third-order valence-corrected chi connectivity index (χ3v) is 7.10. The molecule has 0 bridgehead atoms. The van der Waals surface area contributed by atoms with E-state index in [0.717, 1.165) is 41.3 Å². The maximum absolute atomic E-state index is 11.9. The predicted molar refractivity (Wildman–Crippen MR) is 143 cm³/mol. The Bertz CT molecular complexity index is 1070. The smallest absolute Gasteiger partial charge is 0.407 e. The third-order valence-electron chi connectivity index (χ3n) is 6.24. The van der Waals surface area contributed by atoms with Crippen LogP contribution in [0.4, 0.5) is 22.2 Å². The van der Waals surface area contributed by atoms with E-state index in [1.165, 1.54) is 6.20 Å². The standard InChI is InChI=1S/C25H35BrN6O4/c1-16-19(6-5-7-20(16)26)14-28-23-29-15-21(32(34)35)22(31-23)27-12-17-8-10-18(11-9-17)13-30-24(33)36-25(2,3)4/h5-7,15,17-18H,8-14H2,1-4H3,(H,30,33)(H2,27,28,29,31). The number of amides is 1. The van der Waals surface area contributed by atoms with Crippen molar-refractivity contribution in [3.05, 3.63) is 50.1 Å². The van der Waals surface area contributed by atoms with Crippen molar-refractivity contribution in [1.29, 1.82) is 0 Å². The minimum atomic E-state index is -0.510. The first kappa shape index (κ1) is 27.6. The average molecular weight is 563 g/mol. The molecule has 196 valence electrons. The van der Waals surface area contributed by atoms with Crippen LogP contribution in [0.1, 0.15) is 57.6 Å². The van der Waals surface area contributed by atoms with Crippen LogP contribution in [0.5, 0.6) is 0 Å². The molecule has 1 amide bonds. The van der Waals surface area contributed by atoms with E-state index in [1.54, 1.807) is 0 Å². The van der Waals surface area contributed by atoms with Gasteiger partial charge in [-0.3, -0.25) is 10.1 Å². The van der Waals surface area contributed by atoms with Gasteiger partial charge in [-0.2, -0.15) is 4.98 Å².